The van der Waals surface area contributed by atoms with Crippen molar-refractivity contribution in [3.8, 4) is 0 Å². The van der Waals surface area contributed by atoms with Crippen LogP contribution in [0.15, 0.2) is 18.3 Å². The Balaban J connectivity index is 1.58. The van der Waals surface area contributed by atoms with E-state index in [-0.39, 0.29) is 0 Å². The number of nitrogens with zero attached hydrogens (tertiary/aromatic N) is 1. The molecule has 4 N–H and O–H groups in total. The highest BCUT2D eigenvalue weighted by Gasteiger charge is 2.40. The van der Waals surface area contributed by atoms with Gasteiger partial charge >= 0.3 is 0 Å². The Morgan fingerprint density at radius 3 is 2.59 bits per heavy atom. The van der Waals surface area contributed by atoms with Crippen LogP contribution in [0.2, 0.25) is 0 Å². The van der Waals surface area contributed by atoms with Crippen LogP contribution < -0.4 is 16.6 Å². The molecular weight excluding hydrogens is 212 g/mol. The summed E-state index contributed by atoms with van der Waals surface area (Å²) in [6, 6.07) is 3.95. The first-order valence-electron chi connectivity index (χ1n) is 6.53. The molecule has 0 radical (unpaired) electrons. The van der Waals surface area contributed by atoms with Gasteiger partial charge in [-0.1, -0.05) is 0 Å². The zero-order chi connectivity index (χ0) is 11.7. The van der Waals surface area contributed by atoms with E-state index in [9.17, 15) is 0 Å². The summed E-state index contributed by atoms with van der Waals surface area (Å²) in [6.45, 7) is 1.10. The standard InChI is InChI=1S/C13H20N4/c14-17-13-7-11(5-6-15-13)16-8-12(9-1-2-9)10-3-4-10/h5-7,9-10,12H,1-4,8,14H2,(H2,15,16,17). The fourth-order valence-corrected chi connectivity index (χ4v) is 2.62. The second-order valence-corrected chi connectivity index (χ2v) is 5.29. The van der Waals surface area contributed by atoms with Crippen molar-refractivity contribution in [3.63, 3.8) is 0 Å². The summed E-state index contributed by atoms with van der Waals surface area (Å²) in [5.74, 6) is 8.93. The second-order valence-electron chi connectivity index (χ2n) is 5.29. The summed E-state index contributed by atoms with van der Waals surface area (Å²) < 4.78 is 0. The summed E-state index contributed by atoms with van der Waals surface area (Å²) in [4.78, 5) is 4.10. The number of anilines is 2. The summed E-state index contributed by atoms with van der Waals surface area (Å²) in [6.07, 6.45) is 7.54. The van der Waals surface area contributed by atoms with Crippen LogP contribution >= 0.6 is 0 Å². The topological polar surface area (TPSA) is 63.0 Å². The number of nitrogen functional groups attached to an aromatic ring is 1. The summed E-state index contributed by atoms with van der Waals surface area (Å²) >= 11 is 0. The summed E-state index contributed by atoms with van der Waals surface area (Å²) in [5, 5.41) is 3.53. The predicted molar refractivity (Wildman–Crippen MR) is 69.5 cm³/mol. The Labute approximate surface area is 102 Å². The van der Waals surface area contributed by atoms with Crippen molar-refractivity contribution in [3.05, 3.63) is 18.3 Å². The molecule has 0 aliphatic heterocycles. The van der Waals surface area contributed by atoms with Gasteiger partial charge in [0.25, 0.3) is 0 Å². The van der Waals surface area contributed by atoms with E-state index in [1.54, 1.807) is 6.20 Å². The Bertz CT molecular complexity index is 373. The fraction of sp³-hybridized carbons (Fsp3) is 0.615. The van der Waals surface area contributed by atoms with Gasteiger partial charge in [-0.3, -0.25) is 0 Å². The van der Waals surface area contributed by atoms with Crippen LogP contribution in [0, 0.1) is 17.8 Å². The third kappa shape index (κ3) is 2.69. The summed E-state index contributed by atoms with van der Waals surface area (Å²) in [5.41, 5.74) is 3.68. The SMILES string of the molecule is NNc1cc(NCC(C2CC2)C2CC2)ccn1. The first-order chi connectivity index (χ1) is 8.36. The van der Waals surface area contributed by atoms with Crippen molar-refractivity contribution < 1.29 is 0 Å². The van der Waals surface area contributed by atoms with Gasteiger partial charge in [-0.05, 0) is 49.5 Å². The van der Waals surface area contributed by atoms with Crippen molar-refractivity contribution in [1.82, 2.24) is 4.98 Å². The minimum absolute atomic E-state index is 0.712. The Hall–Kier alpha value is -1.29. The Kier molecular flexibility index (Phi) is 2.89. The second kappa shape index (κ2) is 4.53. The lowest BCUT2D eigenvalue weighted by Gasteiger charge is -2.17. The number of hydrogen-bond acceptors (Lipinski definition) is 4. The van der Waals surface area contributed by atoms with E-state index in [0.29, 0.717) is 5.82 Å². The van der Waals surface area contributed by atoms with Gasteiger partial charge in [-0.15, -0.1) is 0 Å². The first kappa shape index (κ1) is 10.8. The van der Waals surface area contributed by atoms with E-state index in [0.717, 1.165) is 30.0 Å². The van der Waals surface area contributed by atoms with Gasteiger partial charge in [0.05, 0.1) is 0 Å². The lowest BCUT2D eigenvalue weighted by atomic mass is 9.98. The molecule has 2 saturated carbocycles. The first-order valence-corrected chi connectivity index (χ1v) is 6.53. The fourth-order valence-electron chi connectivity index (χ4n) is 2.62. The minimum Gasteiger partial charge on any atom is -0.385 e. The third-order valence-electron chi connectivity index (χ3n) is 3.90. The molecule has 1 aromatic rings. The molecule has 0 atom stereocenters. The van der Waals surface area contributed by atoms with E-state index in [2.05, 4.69) is 15.7 Å². The van der Waals surface area contributed by atoms with Crippen LogP contribution in [0.1, 0.15) is 25.7 Å². The molecular formula is C13H20N4. The van der Waals surface area contributed by atoms with Crippen molar-refractivity contribution >= 4 is 11.5 Å². The zero-order valence-electron chi connectivity index (χ0n) is 10.0. The van der Waals surface area contributed by atoms with Gasteiger partial charge in [0, 0.05) is 24.5 Å². The predicted octanol–water partition coefficient (Wildman–Crippen LogP) is 2.22. The number of nitrogens with two attached hydrogens (primary N) is 1. The van der Waals surface area contributed by atoms with Crippen LogP contribution in [0.25, 0.3) is 0 Å². The molecule has 17 heavy (non-hydrogen) atoms. The normalized spacial score (nSPS) is 19.4. The monoisotopic (exact) mass is 232 g/mol. The highest BCUT2D eigenvalue weighted by molar-refractivity contribution is 5.51. The molecule has 0 amide bonds. The molecule has 2 aliphatic carbocycles. The lowest BCUT2D eigenvalue weighted by Crippen LogP contribution is -2.18. The molecule has 1 heterocycles. The highest BCUT2D eigenvalue weighted by atomic mass is 15.2. The zero-order valence-corrected chi connectivity index (χ0v) is 10.0. The molecule has 0 saturated heterocycles. The maximum absolute atomic E-state index is 5.35. The van der Waals surface area contributed by atoms with Crippen molar-refractivity contribution in [1.29, 1.82) is 0 Å². The van der Waals surface area contributed by atoms with Crippen LogP contribution in [-0.4, -0.2) is 11.5 Å². The van der Waals surface area contributed by atoms with Crippen LogP contribution in [-0.2, 0) is 0 Å². The molecule has 4 heteroatoms. The van der Waals surface area contributed by atoms with Gasteiger partial charge in [-0.25, -0.2) is 10.8 Å². The van der Waals surface area contributed by atoms with E-state index in [1.807, 2.05) is 12.1 Å². The molecule has 2 aliphatic rings. The number of hydrazine groups is 1. The quantitative estimate of drug-likeness (QED) is 0.520. The molecule has 0 bridgehead atoms. The summed E-state index contributed by atoms with van der Waals surface area (Å²) in [7, 11) is 0. The molecule has 1 aromatic heterocycles. The average Bonchev–Trinajstić information content (AvgIpc) is 3.22. The number of aromatic nitrogens is 1. The van der Waals surface area contributed by atoms with Gasteiger partial charge in [0.15, 0.2) is 0 Å². The van der Waals surface area contributed by atoms with Crippen molar-refractivity contribution in [2.24, 2.45) is 23.6 Å². The van der Waals surface area contributed by atoms with Gasteiger partial charge in [0.1, 0.15) is 5.82 Å². The minimum atomic E-state index is 0.712. The van der Waals surface area contributed by atoms with E-state index in [1.165, 1.54) is 25.7 Å². The number of nitrogens with one attached hydrogen (secondary N) is 2. The molecule has 0 aromatic carbocycles. The van der Waals surface area contributed by atoms with Crippen LogP contribution in [0.4, 0.5) is 11.5 Å². The van der Waals surface area contributed by atoms with E-state index >= 15 is 0 Å². The van der Waals surface area contributed by atoms with Crippen molar-refractivity contribution in [2.75, 3.05) is 17.3 Å². The van der Waals surface area contributed by atoms with Gasteiger partial charge < -0.3 is 10.7 Å². The largest absolute Gasteiger partial charge is 0.385 e. The average molecular weight is 232 g/mol. The van der Waals surface area contributed by atoms with Gasteiger partial charge in [0.2, 0.25) is 0 Å². The van der Waals surface area contributed by atoms with Crippen LogP contribution in [0.3, 0.4) is 0 Å². The smallest absolute Gasteiger partial charge is 0.141 e. The molecule has 0 spiro atoms. The molecule has 3 rings (SSSR count). The number of pyridine rings is 1. The van der Waals surface area contributed by atoms with E-state index in [4.69, 9.17) is 5.84 Å². The van der Waals surface area contributed by atoms with Gasteiger partial charge in [-0.2, -0.15) is 0 Å². The number of hydrogen-bond donors (Lipinski definition) is 3. The lowest BCUT2D eigenvalue weighted by molar-refractivity contribution is 0.428. The third-order valence-corrected chi connectivity index (χ3v) is 3.90. The Morgan fingerprint density at radius 2 is 2.00 bits per heavy atom. The van der Waals surface area contributed by atoms with E-state index < -0.39 is 0 Å². The van der Waals surface area contributed by atoms with Crippen LogP contribution in [0.5, 0.6) is 0 Å². The Morgan fingerprint density at radius 1 is 1.29 bits per heavy atom. The highest BCUT2D eigenvalue weighted by Crippen LogP contribution is 2.49. The van der Waals surface area contributed by atoms with Crippen molar-refractivity contribution in [2.45, 2.75) is 25.7 Å². The molecule has 92 valence electrons. The maximum atomic E-state index is 5.35. The molecule has 2 fully saturated rings. The molecule has 0 unspecified atom stereocenters. The maximum Gasteiger partial charge on any atom is 0.141 e. The molecule has 4 nitrogen and oxygen atoms in total. The number of rotatable bonds is 6.